The van der Waals surface area contributed by atoms with Gasteiger partial charge in [-0.2, -0.15) is 0 Å². The maximum absolute atomic E-state index is 11.6. The predicted molar refractivity (Wildman–Crippen MR) is 72.0 cm³/mol. The standard InChI is InChI=1S/C12H25N3O4/c1-4-15(5-2)8-9(3)13-12(19)14-10(6-7-16)11(17)18/h9-10,16H,4-8H2,1-3H3,(H,17,18)(H2,13,14,19)/t9?,10-/m1/s1. The van der Waals surface area contributed by atoms with E-state index in [0.29, 0.717) is 6.54 Å². The number of hydrogen-bond donors (Lipinski definition) is 4. The summed E-state index contributed by atoms with van der Waals surface area (Å²) in [6.07, 6.45) is -0.00677. The molecule has 0 aliphatic carbocycles. The van der Waals surface area contributed by atoms with Crippen LogP contribution in [-0.4, -0.2) is 65.4 Å². The molecule has 0 aliphatic heterocycles. The van der Waals surface area contributed by atoms with Gasteiger partial charge in [0.15, 0.2) is 0 Å². The maximum atomic E-state index is 11.6. The minimum absolute atomic E-state index is 0.00677. The molecule has 0 radical (unpaired) electrons. The van der Waals surface area contributed by atoms with Crippen LogP contribution in [0.2, 0.25) is 0 Å². The number of aliphatic hydroxyl groups excluding tert-OH is 1. The third kappa shape index (κ3) is 7.63. The van der Waals surface area contributed by atoms with E-state index in [1.54, 1.807) is 0 Å². The highest BCUT2D eigenvalue weighted by Gasteiger charge is 2.20. The van der Waals surface area contributed by atoms with Crippen LogP contribution >= 0.6 is 0 Å². The van der Waals surface area contributed by atoms with Crippen LogP contribution in [0, 0.1) is 0 Å². The maximum Gasteiger partial charge on any atom is 0.326 e. The topological polar surface area (TPSA) is 102 Å². The molecule has 2 amide bonds. The molecular formula is C12H25N3O4. The lowest BCUT2D eigenvalue weighted by atomic mass is 10.2. The van der Waals surface area contributed by atoms with Gasteiger partial charge in [-0.15, -0.1) is 0 Å². The first-order valence-corrected chi connectivity index (χ1v) is 6.57. The fraction of sp³-hybridized carbons (Fsp3) is 0.833. The van der Waals surface area contributed by atoms with Crippen LogP contribution in [0.4, 0.5) is 4.79 Å². The lowest BCUT2D eigenvalue weighted by Crippen LogP contribution is -2.51. The lowest BCUT2D eigenvalue weighted by Gasteiger charge is -2.24. The van der Waals surface area contributed by atoms with Crippen molar-refractivity contribution in [3.63, 3.8) is 0 Å². The second-order valence-corrected chi connectivity index (χ2v) is 4.41. The molecule has 0 aliphatic rings. The van der Waals surface area contributed by atoms with Gasteiger partial charge in [-0.25, -0.2) is 9.59 Å². The number of nitrogens with zero attached hydrogens (tertiary/aromatic N) is 1. The van der Waals surface area contributed by atoms with E-state index in [2.05, 4.69) is 15.5 Å². The zero-order chi connectivity index (χ0) is 14.8. The van der Waals surface area contributed by atoms with Gasteiger partial charge >= 0.3 is 12.0 Å². The van der Waals surface area contributed by atoms with Crippen molar-refractivity contribution in [2.24, 2.45) is 0 Å². The van der Waals surface area contributed by atoms with Crippen molar-refractivity contribution in [2.45, 2.75) is 39.3 Å². The second kappa shape index (κ2) is 9.57. The van der Waals surface area contributed by atoms with Gasteiger partial charge in [0.05, 0.1) is 0 Å². The van der Waals surface area contributed by atoms with Gasteiger partial charge in [0.25, 0.3) is 0 Å². The molecule has 0 aromatic carbocycles. The number of carbonyl (C=O) groups excluding carboxylic acids is 1. The number of aliphatic carboxylic acids is 1. The van der Waals surface area contributed by atoms with Gasteiger partial charge < -0.3 is 25.7 Å². The monoisotopic (exact) mass is 275 g/mol. The van der Waals surface area contributed by atoms with E-state index in [-0.39, 0.29) is 19.1 Å². The Kier molecular flexibility index (Phi) is 8.90. The Hall–Kier alpha value is -1.34. The van der Waals surface area contributed by atoms with Crippen LogP contribution in [0.25, 0.3) is 0 Å². The van der Waals surface area contributed by atoms with Gasteiger partial charge in [-0.3, -0.25) is 0 Å². The summed E-state index contributed by atoms with van der Waals surface area (Å²) in [7, 11) is 0. The molecule has 19 heavy (non-hydrogen) atoms. The molecule has 0 saturated carbocycles. The van der Waals surface area contributed by atoms with Gasteiger partial charge in [0, 0.05) is 25.6 Å². The van der Waals surface area contributed by atoms with Crippen molar-refractivity contribution in [3.05, 3.63) is 0 Å². The number of rotatable bonds is 9. The molecule has 0 bridgehead atoms. The molecule has 0 heterocycles. The van der Waals surface area contributed by atoms with Crippen LogP contribution < -0.4 is 10.6 Å². The minimum Gasteiger partial charge on any atom is -0.480 e. The number of carboxylic acid groups (broad SMARTS) is 1. The Labute approximate surface area is 114 Å². The molecular weight excluding hydrogens is 250 g/mol. The quantitative estimate of drug-likeness (QED) is 0.469. The van der Waals surface area contributed by atoms with Gasteiger partial charge in [-0.05, 0) is 20.0 Å². The Bertz CT molecular complexity index is 282. The van der Waals surface area contributed by atoms with Gasteiger partial charge in [-0.1, -0.05) is 13.8 Å². The van der Waals surface area contributed by atoms with E-state index in [0.717, 1.165) is 13.1 Å². The summed E-state index contributed by atoms with van der Waals surface area (Å²) in [5.74, 6) is -1.15. The third-order valence-corrected chi connectivity index (χ3v) is 2.83. The Morgan fingerprint density at radius 2 is 1.79 bits per heavy atom. The highest BCUT2D eigenvalue weighted by molar-refractivity contribution is 5.82. The Morgan fingerprint density at radius 1 is 1.21 bits per heavy atom. The summed E-state index contributed by atoms with van der Waals surface area (Å²) in [6, 6.07) is -1.67. The minimum atomic E-state index is -1.15. The summed E-state index contributed by atoms with van der Waals surface area (Å²) < 4.78 is 0. The summed E-state index contributed by atoms with van der Waals surface area (Å²) in [5, 5.41) is 22.6. The molecule has 0 fully saturated rings. The van der Waals surface area contributed by atoms with E-state index in [1.807, 2.05) is 20.8 Å². The smallest absolute Gasteiger partial charge is 0.326 e. The zero-order valence-electron chi connectivity index (χ0n) is 11.8. The van der Waals surface area contributed by atoms with Crippen molar-refractivity contribution in [3.8, 4) is 0 Å². The predicted octanol–water partition coefficient (Wildman–Crippen LogP) is -0.148. The normalized spacial score (nSPS) is 13.9. The summed E-state index contributed by atoms with van der Waals surface area (Å²) in [6.45, 7) is 8.15. The highest BCUT2D eigenvalue weighted by atomic mass is 16.4. The van der Waals surface area contributed by atoms with Crippen molar-refractivity contribution in [1.82, 2.24) is 15.5 Å². The third-order valence-electron chi connectivity index (χ3n) is 2.83. The van der Waals surface area contributed by atoms with E-state index < -0.39 is 18.0 Å². The largest absolute Gasteiger partial charge is 0.480 e. The van der Waals surface area contributed by atoms with Gasteiger partial charge in [0.2, 0.25) is 0 Å². The average Bonchev–Trinajstić information content (AvgIpc) is 2.35. The molecule has 0 spiro atoms. The van der Waals surface area contributed by atoms with Crippen molar-refractivity contribution in [2.75, 3.05) is 26.2 Å². The number of carboxylic acids is 1. The fourth-order valence-electron chi connectivity index (χ4n) is 1.72. The molecule has 0 aromatic heterocycles. The molecule has 2 atom stereocenters. The average molecular weight is 275 g/mol. The number of urea groups is 1. The molecule has 112 valence electrons. The van der Waals surface area contributed by atoms with Crippen LogP contribution in [0.15, 0.2) is 0 Å². The fourth-order valence-corrected chi connectivity index (χ4v) is 1.72. The van der Waals surface area contributed by atoms with Crippen LogP contribution in [-0.2, 0) is 4.79 Å². The number of likely N-dealkylation sites (N-methyl/N-ethyl adjacent to an activating group) is 1. The molecule has 7 nitrogen and oxygen atoms in total. The Balaban J connectivity index is 4.17. The number of hydrogen-bond acceptors (Lipinski definition) is 4. The molecule has 4 N–H and O–H groups in total. The highest BCUT2D eigenvalue weighted by Crippen LogP contribution is 1.94. The molecule has 0 saturated heterocycles. The molecule has 0 aromatic rings. The lowest BCUT2D eigenvalue weighted by molar-refractivity contribution is -0.139. The number of nitrogens with one attached hydrogen (secondary N) is 2. The van der Waals surface area contributed by atoms with Crippen LogP contribution in [0.3, 0.4) is 0 Å². The molecule has 0 rings (SSSR count). The number of amides is 2. The van der Waals surface area contributed by atoms with E-state index in [9.17, 15) is 9.59 Å². The summed E-state index contributed by atoms with van der Waals surface area (Å²) in [4.78, 5) is 24.6. The van der Waals surface area contributed by atoms with Gasteiger partial charge in [0.1, 0.15) is 6.04 Å². The number of aliphatic hydroxyl groups is 1. The van der Waals surface area contributed by atoms with E-state index in [4.69, 9.17) is 10.2 Å². The summed E-state index contributed by atoms with van der Waals surface area (Å²) >= 11 is 0. The van der Waals surface area contributed by atoms with E-state index in [1.165, 1.54) is 0 Å². The number of carbonyl (C=O) groups is 2. The summed E-state index contributed by atoms with van der Waals surface area (Å²) in [5.41, 5.74) is 0. The Morgan fingerprint density at radius 3 is 2.21 bits per heavy atom. The van der Waals surface area contributed by atoms with E-state index >= 15 is 0 Å². The van der Waals surface area contributed by atoms with Crippen molar-refractivity contribution in [1.29, 1.82) is 0 Å². The first kappa shape index (κ1) is 17.7. The zero-order valence-corrected chi connectivity index (χ0v) is 11.8. The SMILES string of the molecule is CCN(CC)CC(C)NC(=O)N[C@H](CCO)C(=O)O. The van der Waals surface area contributed by atoms with Crippen molar-refractivity contribution >= 4 is 12.0 Å². The second-order valence-electron chi connectivity index (χ2n) is 4.41. The molecule has 7 heteroatoms. The first-order valence-electron chi connectivity index (χ1n) is 6.57. The van der Waals surface area contributed by atoms with Crippen molar-refractivity contribution < 1.29 is 19.8 Å². The van der Waals surface area contributed by atoms with Crippen LogP contribution in [0.5, 0.6) is 0 Å². The molecule has 1 unspecified atom stereocenters. The first-order chi connectivity index (χ1) is 8.94. The van der Waals surface area contributed by atoms with Crippen LogP contribution in [0.1, 0.15) is 27.2 Å².